The Morgan fingerprint density at radius 2 is 1.38 bits per heavy atom. The summed E-state index contributed by atoms with van der Waals surface area (Å²) in [6.07, 6.45) is -0.906. The van der Waals surface area contributed by atoms with Gasteiger partial charge in [-0.25, -0.2) is 4.90 Å². The summed E-state index contributed by atoms with van der Waals surface area (Å²) in [5.74, 6) is -2.37. The normalized spacial score (nSPS) is 28.4. The lowest BCUT2D eigenvalue weighted by Crippen LogP contribution is -2.58. The van der Waals surface area contributed by atoms with Crippen molar-refractivity contribution >= 4 is 40.7 Å². The first-order valence-electron chi connectivity index (χ1n) is 10.6. The van der Waals surface area contributed by atoms with Gasteiger partial charge < -0.3 is 5.11 Å². The zero-order valence-corrected chi connectivity index (χ0v) is 18.6. The summed E-state index contributed by atoms with van der Waals surface area (Å²) in [7, 11) is 0. The molecule has 160 valence electrons. The first-order chi connectivity index (χ1) is 15.4. The van der Waals surface area contributed by atoms with Crippen molar-refractivity contribution in [1.29, 1.82) is 0 Å². The Kier molecular flexibility index (Phi) is 4.17. The number of aliphatic hydroxyl groups is 1. The lowest BCUT2D eigenvalue weighted by atomic mass is 9.46. The quantitative estimate of drug-likeness (QED) is 0.548. The first-order valence-corrected chi connectivity index (χ1v) is 11.3. The molecule has 1 fully saturated rings. The fraction of sp³-hybridized carbons (Fsp3) is 0.231. The van der Waals surface area contributed by atoms with Gasteiger partial charge in [-0.2, -0.15) is 0 Å². The van der Waals surface area contributed by atoms with Gasteiger partial charge in [-0.05, 0) is 41.3 Å². The van der Waals surface area contributed by atoms with Crippen LogP contribution >= 0.6 is 23.2 Å². The molecule has 6 heteroatoms. The van der Waals surface area contributed by atoms with Gasteiger partial charge in [-0.1, -0.05) is 77.8 Å². The molecule has 4 aliphatic rings. The molecule has 3 aliphatic carbocycles. The number of nitrogens with zero attached hydrogens (tertiary/aromatic N) is 1. The van der Waals surface area contributed by atoms with Crippen molar-refractivity contribution in [1.82, 2.24) is 0 Å². The van der Waals surface area contributed by atoms with Crippen LogP contribution in [0.5, 0.6) is 0 Å². The average Bonchev–Trinajstić information content (AvgIpc) is 3.05. The molecule has 3 unspecified atom stereocenters. The third-order valence-corrected chi connectivity index (χ3v) is 8.11. The molecule has 3 aromatic carbocycles. The fourth-order valence-corrected chi connectivity index (χ4v) is 7.03. The summed E-state index contributed by atoms with van der Waals surface area (Å²) in [5, 5.41) is 11.8. The van der Waals surface area contributed by atoms with Crippen LogP contribution in [0.25, 0.3) is 0 Å². The highest BCUT2D eigenvalue weighted by Gasteiger charge is 2.69. The van der Waals surface area contributed by atoms with E-state index in [1.54, 1.807) is 25.1 Å². The molecular weight excluding hydrogens is 445 g/mol. The summed E-state index contributed by atoms with van der Waals surface area (Å²) < 4.78 is 0. The van der Waals surface area contributed by atoms with Gasteiger partial charge in [0.25, 0.3) is 0 Å². The third kappa shape index (κ3) is 2.18. The molecule has 4 nitrogen and oxygen atoms in total. The second-order valence-corrected chi connectivity index (χ2v) is 9.60. The number of para-hydroxylation sites is 1. The van der Waals surface area contributed by atoms with Crippen LogP contribution in [0.3, 0.4) is 0 Å². The van der Waals surface area contributed by atoms with Gasteiger partial charge in [0, 0.05) is 5.92 Å². The number of anilines is 1. The van der Waals surface area contributed by atoms with Gasteiger partial charge in [0.15, 0.2) is 0 Å². The van der Waals surface area contributed by atoms with Crippen LogP contribution in [-0.2, 0) is 15.0 Å². The predicted molar refractivity (Wildman–Crippen MR) is 123 cm³/mol. The lowest BCUT2D eigenvalue weighted by molar-refractivity contribution is -0.126. The van der Waals surface area contributed by atoms with Gasteiger partial charge in [-0.15, -0.1) is 0 Å². The van der Waals surface area contributed by atoms with E-state index in [2.05, 4.69) is 0 Å². The van der Waals surface area contributed by atoms with E-state index in [0.717, 1.165) is 27.2 Å². The minimum Gasteiger partial charge on any atom is -0.392 e. The summed E-state index contributed by atoms with van der Waals surface area (Å²) in [6.45, 7) is 1.71. The summed E-state index contributed by atoms with van der Waals surface area (Å²) in [5.41, 5.74) is 2.97. The van der Waals surface area contributed by atoms with Crippen LogP contribution in [0.2, 0.25) is 10.0 Å². The monoisotopic (exact) mass is 463 g/mol. The van der Waals surface area contributed by atoms with Crippen molar-refractivity contribution in [3.63, 3.8) is 0 Å². The molecular formula is C26H19Cl2NO3. The molecule has 0 aromatic heterocycles. The Morgan fingerprint density at radius 1 is 0.844 bits per heavy atom. The average molecular weight is 464 g/mol. The van der Waals surface area contributed by atoms with Crippen LogP contribution in [-0.4, -0.2) is 23.0 Å². The highest BCUT2D eigenvalue weighted by Crippen LogP contribution is 2.65. The van der Waals surface area contributed by atoms with Crippen molar-refractivity contribution < 1.29 is 14.7 Å². The number of carbonyl (C=O) groups is 2. The Hall–Kier alpha value is -2.66. The molecule has 0 saturated carbocycles. The molecule has 1 heterocycles. The van der Waals surface area contributed by atoms with E-state index in [4.69, 9.17) is 23.2 Å². The van der Waals surface area contributed by atoms with Crippen LogP contribution < -0.4 is 4.90 Å². The summed E-state index contributed by atoms with van der Waals surface area (Å²) >= 11 is 12.8. The fourth-order valence-electron chi connectivity index (χ4n) is 6.46. The predicted octanol–water partition coefficient (Wildman–Crippen LogP) is 4.93. The van der Waals surface area contributed by atoms with Gasteiger partial charge in [0.05, 0.1) is 39.1 Å². The number of imide groups is 1. The van der Waals surface area contributed by atoms with Crippen LogP contribution in [0.1, 0.15) is 35.1 Å². The molecule has 3 aromatic rings. The molecule has 1 aliphatic heterocycles. The summed E-state index contributed by atoms with van der Waals surface area (Å²) in [4.78, 5) is 29.1. The smallest absolute Gasteiger partial charge is 0.239 e. The molecule has 7 rings (SSSR count). The van der Waals surface area contributed by atoms with Gasteiger partial charge in [-0.3, -0.25) is 9.59 Å². The highest BCUT2D eigenvalue weighted by molar-refractivity contribution is 6.42. The molecule has 2 amide bonds. The van der Waals surface area contributed by atoms with Crippen molar-refractivity contribution in [3.05, 3.63) is 99.0 Å². The SMILES string of the molecule is CC(O)C12c3ccccc3C(c3ccccc31)C1C(=O)N(c3c(Cl)cccc3Cl)C(=O)C12. The number of hydrogen-bond acceptors (Lipinski definition) is 3. The second kappa shape index (κ2) is 6.67. The summed E-state index contributed by atoms with van der Waals surface area (Å²) in [6, 6.07) is 20.6. The van der Waals surface area contributed by atoms with E-state index in [1.165, 1.54) is 0 Å². The minimum absolute atomic E-state index is 0.216. The number of amides is 2. The molecule has 1 N–H and O–H groups in total. The standard InChI is InChI=1S/C26H19Cl2NO3/c1-13(30)26-16-9-4-2-7-14(16)20(15-8-3-5-10-17(15)26)21-22(26)25(32)29(24(21)31)23-18(27)11-6-12-19(23)28/h2-13,20-22,30H,1H3. The maximum absolute atomic E-state index is 14.1. The Labute approximate surface area is 195 Å². The van der Waals surface area contributed by atoms with E-state index < -0.39 is 23.4 Å². The van der Waals surface area contributed by atoms with E-state index in [1.807, 2.05) is 48.5 Å². The highest BCUT2D eigenvalue weighted by atomic mass is 35.5. The minimum atomic E-state index is -1.04. The molecule has 1 saturated heterocycles. The number of benzene rings is 3. The zero-order valence-electron chi connectivity index (χ0n) is 17.1. The molecule has 2 bridgehead atoms. The van der Waals surface area contributed by atoms with Crippen molar-refractivity contribution in [2.45, 2.75) is 24.4 Å². The van der Waals surface area contributed by atoms with E-state index in [9.17, 15) is 14.7 Å². The van der Waals surface area contributed by atoms with E-state index >= 15 is 0 Å². The molecule has 3 atom stereocenters. The topological polar surface area (TPSA) is 57.6 Å². The Balaban J connectivity index is 1.68. The van der Waals surface area contributed by atoms with Gasteiger partial charge >= 0.3 is 0 Å². The van der Waals surface area contributed by atoms with Crippen LogP contribution in [0.15, 0.2) is 66.7 Å². The number of carbonyl (C=O) groups excluding carboxylic acids is 2. The first kappa shape index (κ1) is 20.0. The third-order valence-electron chi connectivity index (χ3n) is 7.50. The van der Waals surface area contributed by atoms with Crippen LogP contribution in [0.4, 0.5) is 5.69 Å². The Morgan fingerprint density at radius 3 is 1.91 bits per heavy atom. The van der Waals surface area contributed by atoms with Crippen molar-refractivity contribution in [2.24, 2.45) is 11.8 Å². The van der Waals surface area contributed by atoms with Crippen molar-refractivity contribution in [2.75, 3.05) is 4.90 Å². The van der Waals surface area contributed by atoms with E-state index in [0.29, 0.717) is 0 Å². The number of aliphatic hydroxyl groups excluding tert-OH is 1. The molecule has 0 spiro atoms. The van der Waals surface area contributed by atoms with Crippen molar-refractivity contribution in [3.8, 4) is 0 Å². The lowest BCUT2D eigenvalue weighted by Gasteiger charge is -2.55. The maximum Gasteiger partial charge on any atom is 0.239 e. The molecule has 0 radical (unpaired) electrons. The second-order valence-electron chi connectivity index (χ2n) is 8.78. The Bertz CT molecular complexity index is 1250. The molecule has 32 heavy (non-hydrogen) atoms. The zero-order chi connectivity index (χ0) is 22.4. The maximum atomic E-state index is 14.1. The number of rotatable bonds is 2. The van der Waals surface area contributed by atoms with Gasteiger partial charge in [0.1, 0.15) is 0 Å². The van der Waals surface area contributed by atoms with Gasteiger partial charge in [0.2, 0.25) is 11.8 Å². The largest absolute Gasteiger partial charge is 0.392 e. The van der Waals surface area contributed by atoms with Crippen LogP contribution in [0, 0.1) is 11.8 Å². The number of halogens is 2. The number of hydrogen-bond donors (Lipinski definition) is 1. The van der Waals surface area contributed by atoms with E-state index in [-0.39, 0.29) is 33.5 Å².